The van der Waals surface area contributed by atoms with Crippen LogP contribution in [0, 0.1) is 11.3 Å². The van der Waals surface area contributed by atoms with E-state index in [9.17, 15) is 18.0 Å². The zero-order chi connectivity index (χ0) is 14.6. The van der Waals surface area contributed by atoms with Crippen molar-refractivity contribution in [1.29, 1.82) is 5.26 Å². The molecule has 0 saturated carbocycles. The SMILES string of the molecule is CCOC(=O)Cc1c(C#N)cc(S)cc1C(F)(F)F. The number of thiol groups is 1. The molecule has 0 aliphatic heterocycles. The molecule has 0 unspecified atom stereocenters. The highest BCUT2D eigenvalue weighted by Crippen LogP contribution is 2.35. The Morgan fingerprint density at radius 1 is 1.47 bits per heavy atom. The van der Waals surface area contributed by atoms with Crippen molar-refractivity contribution in [1.82, 2.24) is 0 Å². The molecule has 19 heavy (non-hydrogen) atoms. The highest BCUT2D eigenvalue weighted by atomic mass is 32.1. The largest absolute Gasteiger partial charge is 0.466 e. The Hall–Kier alpha value is -1.68. The van der Waals surface area contributed by atoms with Gasteiger partial charge >= 0.3 is 12.1 Å². The van der Waals surface area contributed by atoms with Gasteiger partial charge in [0.2, 0.25) is 0 Å². The average Bonchev–Trinajstić information content (AvgIpc) is 2.29. The minimum absolute atomic E-state index is 0.0106. The Labute approximate surface area is 113 Å². The van der Waals surface area contributed by atoms with Crippen molar-refractivity contribution in [3.8, 4) is 6.07 Å². The molecule has 102 valence electrons. The van der Waals surface area contributed by atoms with Gasteiger partial charge in [0, 0.05) is 4.90 Å². The molecule has 1 aromatic rings. The van der Waals surface area contributed by atoms with Gasteiger partial charge in [0.15, 0.2) is 0 Å². The van der Waals surface area contributed by atoms with Gasteiger partial charge in [-0.25, -0.2) is 0 Å². The maximum atomic E-state index is 12.9. The molecule has 1 rings (SSSR count). The molecular formula is C12H10F3NO2S. The van der Waals surface area contributed by atoms with Crippen molar-refractivity contribution in [3.05, 3.63) is 28.8 Å². The molecule has 7 heteroatoms. The topological polar surface area (TPSA) is 50.1 Å². The van der Waals surface area contributed by atoms with E-state index in [0.29, 0.717) is 0 Å². The van der Waals surface area contributed by atoms with Gasteiger partial charge in [-0.2, -0.15) is 18.4 Å². The minimum atomic E-state index is -4.66. The summed E-state index contributed by atoms with van der Waals surface area (Å²) in [5, 5.41) is 8.87. The van der Waals surface area contributed by atoms with E-state index in [4.69, 9.17) is 5.26 Å². The third-order valence-corrected chi connectivity index (χ3v) is 2.55. The van der Waals surface area contributed by atoms with Crippen molar-refractivity contribution in [2.45, 2.75) is 24.4 Å². The third-order valence-electron chi connectivity index (χ3n) is 2.29. The van der Waals surface area contributed by atoms with E-state index in [1.54, 1.807) is 13.0 Å². The number of hydrogen-bond donors (Lipinski definition) is 1. The molecule has 0 spiro atoms. The molecule has 0 N–H and O–H groups in total. The smallest absolute Gasteiger partial charge is 0.416 e. The fourth-order valence-corrected chi connectivity index (χ4v) is 1.81. The first kappa shape index (κ1) is 15.4. The molecule has 0 aliphatic carbocycles. The lowest BCUT2D eigenvalue weighted by Gasteiger charge is -2.14. The lowest BCUT2D eigenvalue weighted by atomic mass is 9.98. The summed E-state index contributed by atoms with van der Waals surface area (Å²) in [5.41, 5.74) is -1.65. The molecule has 0 heterocycles. The van der Waals surface area contributed by atoms with Gasteiger partial charge in [-0.05, 0) is 24.6 Å². The summed E-state index contributed by atoms with van der Waals surface area (Å²) in [5.74, 6) is -0.809. The Kier molecular flexibility index (Phi) is 4.84. The van der Waals surface area contributed by atoms with Gasteiger partial charge in [0.05, 0.1) is 30.2 Å². The molecule has 0 saturated heterocycles. The van der Waals surface area contributed by atoms with Crippen molar-refractivity contribution in [2.24, 2.45) is 0 Å². The van der Waals surface area contributed by atoms with E-state index < -0.39 is 24.1 Å². The molecular weight excluding hydrogens is 279 g/mol. The molecule has 0 fully saturated rings. The molecule has 0 radical (unpaired) electrons. The number of benzene rings is 1. The Balaban J connectivity index is 3.34. The van der Waals surface area contributed by atoms with Crippen LogP contribution in [0.3, 0.4) is 0 Å². The monoisotopic (exact) mass is 289 g/mol. The van der Waals surface area contributed by atoms with Crippen LogP contribution in [0.4, 0.5) is 13.2 Å². The molecule has 0 bridgehead atoms. The van der Waals surface area contributed by atoms with Crippen LogP contribution in [0.2, 0.25) is 0 Å². The van der Waals surface area contributed by atoms with Crippen LogP contribution in [0.1, 0.15) is 23.6 Å². The summed E-state index contributed by atoms with van der Waals surface area (Å²) in [6, 6.07) is 3.62. The first-order chi connectivity index (χ1) is 8.79. The highest BCUT2D eigenvalue weighted by Gasteiger charge is 2.35. The van der Waals surface area contributed by atoms with E-state index >= 15 is 0 Å². The first-order valence-electron chi connectivity index (χ1n) is 5.28. The van der Waals surface area contributed by atoms with Crippen LogP contribution in [0.15, 0.2) is 17.0 Å². The number of alkyl halides is 3. The van der Waals surface area contributed by atoms with Crippen molar-refractivity contribution in [2.75, 3.05) is 6.61 Å². The van der Waals surface area contributed by atoms with Crippen molar-refractivity contribution < 1.29 is 22.7 Å². The van der Waals surface area contributed by atoms with Crippen molar-refractivity contribution >= 4 is 18.6 Å². The van der Waals surface area contributed by atoms with Crippen LogP contribution in [0.5, 0.6) is 0 Å². The van der Waals surface area contributed by atoms with E-state index in [-0.39, 0.29) is 22.6 Å². The number of nitriles is 1. The number of rotatable bonds is 3. The number of halogens is 3. The molecule has 0 aliphatic rings. The second-order valence-electron chi connectivity index (χ2n) is 3.61. The van der Waals surface area contributed by atoms with Crippen LogP contribution in [0.25, 0.3) is 0 Å². The number of ether oxygens (including phenoxy) is 1. The second-order valence-corrected chi connectivity index (χ2v) is 4.13. The molecule has 3 nitrogen and oxygen atoms in total. The summed E-state index contributed by atoms with van der Waals surface area (Å²) in [6.45, 7) is 1.61. The van der Waals surface area contributed by atoms with Crippen LogP contribution in [-0.2, 0) is 22.1 Å². The van der Waals surface area contributed by atoms with Gasteiger partial charge in [-0.15, -0.1) is 12.6 Å². The maximum Gasteiger partial charge on any atom is 0.416 e. The fourth-order valence-electron chi connectivity index (χ4n) is 1.56. The number of esters is 1. The van der Waals surface area contributed by atoms with E-state index in [2.05, 4.69) is 17.4 Å². The van der Waals surface area contributed by atoms with Crippen LogP contribution >= 0.6 is 12.6 Å². The lowest BCUT2D eigenvalue weighted by Crippen LogP contribution is -2.16. The van der Waals surface area contributed by atoms with E-state index in [1.165, 1.54) is 6.07 Å². The maximum absolute atomic E-state index is 12.9. The molecule has 1 aromatic carbocycles. The Morgan fingerprint density at radius 3 is 2.58 bits per heavy atom. The number of nitrogens with zero attached hydrogens (tertiary/aromatic N) is 1. The van der Waals surface area contributed by atoms with Crippen LogP contribution < -0.4 is 0 Å². The van der Waals surface area contributed by atoms with Gasteiger partial charge in [0.1, 0.15) is 0 Å². The molecule has 0 atom stereocenters. The van der Waals surface area contributed by atoms with Crippen LogP contribution in [-0.4, -0.2) is 12.6 Å². The summed E-state index contributed by atoms with van der Waals surface area (Å²) in [4.78, 5) is 11.3. The predicted molar refractivity (Wildman–Crippen MR) is 63.7 cm³/mol. The number of hydrogen-bond acceptors (Lipinski definition) is 4. The standard InChI is InChI=1S/C12H10F3NO2S/c1-2-18-11(17)5-9-7(6-16)3-8(19)4-10(9)12(13,14)15/h3-4,19H,2,5H2,1H3. The van der Waals surface area contributed by atoms with E-state index in [0.717, 1.165) is 6.07 Å². The summed E-state index contributed by atoms with van der Waals surface area (Å²) in [7, 11) is 0. The van der Waals surface area contributed by atoms with Gasteiger partial charge in [-0.3, -0.25) is 4.79 Å². The Bertz CT molecular complexity index is 535. The number of carbonyl (C=O) groups excluding carboxylic acids is 1. The zero-order valence-corrected chi connectivity index (χ0v) is 10.8. The highest BCUT2D eigenvalue weighted by molar-refractivity contribution is 7.80. The zero-order valence-electron chi connectivity index (χ0n) is 9.91. The van der Waals surface area contributed by atoms with E-state index in [1.807, 2.05) is 0 Å². The third kappa shape index (κ3) is 3.89. The normalized spacial score (nSPS) is 10.9. The molecule has 0 amide bonds. The first-order valence-corrected chi connectivity index (χ1v) is 5.73. The Morgan fingerprint density at radius 2 is 2.11 bits per heavy atom. The van der Waals surface area contributed by atoms with Crippen molar-refractivity contribution in [3.63, 3.8) is 0 Å². The predicted octanol–water partition coefficient (Wildman–Crippen LogP) is 2.97. The summed E-state index contributed by atoms with van der Waals surface area (Å²) >= 11 is 3.82. The molecule has 0 aromatic heterocycles. The second kappa shape index (κ2) is 5.97. The summed E-state index contributed by atoms with van der Waals surface area (Å²) < 4.78 is 43.3. The number of carbonyl (C=O) groups is 1. The minimum Gasteiger partial charge on any atom is -0.466 e. The average molecular weight is 289 g/mol. The quantitative estimate of drug-likeness (QED) is 0.687. The lowest BCUT2D eigenvalue weighted by molar-refractivity contribution is -0.143. The summed E-state index contributed by atoms with van der Waals surface area (Å²) in [6.07, 6.45) is -5.26. The van der Waals surface area contributed by atoms with Gasteiger partial charge < -0.3 is 4.74 Å². The van der Waals surface area contributed by atoms with Gasteiger partial charge in [0.25, 0.3) is 0 Å². The van der Waals surface area contributed by atoms with Gasteiger partial charge in [-0.1, -0.05) is 0 Å². The fraction of sp³-hybridized carbons (Fsp3) is 0.333.